The van der Waals surface area contributed by atoms with Crippen molar-refractivity contribution in [2.45, 2.75) is 20.8 Å². The lowest BCUT2D eigenvalue weighted by molar-refractivity contribution is 0.511. The Bertz CT molecular complexity index is 475. The summed E-state index contributed by atoms with van der Waals surface area (Å²) in [4.78, 5) is 0. The Balaban J connectivity index is 0.000000531. The van der Waals surface area contributed by atoms with Crippen LogP contribution in [0.5, 0.6) is 0 Å². The van der Waals surface area contributed by atoms with E-state index >= 15 is 0 Å². The van der Waals surface area contributed by atoms with Gasteiger partial charge in [0.1, 0.15) is 5.52 Å². The fraction of sp³-hybridized carbons (Fsp3) is 0.364. The summed E-state index contributed by atoms with van der Waals surface area (Å²) in [6, 6.07) is 2.93. The van der Waals surface area contributed by atoms with Gasteiger partial charge in [-0.05, 0) is 24.6 Å². The number of nitrogens with zero attached hydrogens (tertiary/aromatic N) is 2. The van der Waals surface area contributed by atoms with Crippen molar-refractivity contribution in [1.29, 1.82) is 0 Å². The van der Waals surface area contributed by atoms with Crippen molar-refractivity contribution >= 4 is 10.9 Å². The molecule has 0 saturated heterocycles. The molecule has 1 aromatic carbocycles. The topological polar surface area (TPSA) is 17.8 Å². The molecule has 0 fully saturated rings. The first-order valence-electron chi connectivity index (χ1n) is 4.88. The molecule has 0 radical (unpaired) electrons. The SMILES string of the molecule is CC.Cc1cc(F)c2nn(C)c(F)c2c1. The van der Waals surface area contributed by atoms with Crippen LogP contribution in [0.2, 0.25) is 0 Å². The normalized spacial score (nSPS) is 10.0. The Kier molecular flexibility index (Phi) is 3.39. The van der Waals surface area contributed by atoms with Gasteiger partial charge in [-0.2, -0.15) is 9.49 Å². The molecule has 0 N–H and O–H groups in total. The number of halogens is 2. The summed E-state index contributed by atoms with van der Waals surface area (Å²) in [5.74, 6) is -0.980. The fourth-order valence-corrected chi connectivity index (χ4v) is 1.36. The van der Waals surface area contributed by atoms with E-state index in [1.807, 2.05) is 13.8 Å². The molecule has 0 aliphatic heterocycles. The predicted molar refractivity (Wildman–Crippen MR) is 56.7 cm³/mol. The molecule has 4 heteroatoms. The standard InChI is InChI=1S/C9H8F2N2.C2H6/c1-5-3-6-8(7(10)4-5)12-13(2)9(6)11;1-2/h3-4H,1-2H3;1-2H3. The quantitative estimate of drug-likeness (QED) is 0.655. The Hall–Kier alpha value is -1.45. The van der Waals surface area contributed by atoms with Gasteiger partial charge >= 0.3 is 0 Å². The third kappa shape index (κ3) is 1.98. The number of aryl methyl sites for hydroxylation is 2. The van der Waals surface area contributed by atoms with Crippen LogP contribution in [0.1, 0.15) is 19.4 Å². The molecular weight excluding hydrogens is 198 g/mol. The summed E-state index contributed by atoms with van der Waals surface area (Å²) in [5, 5.41) is 3.96. The molecule has 0 atom stereocenters. The molecule has 15 heavy (non-hydrogen) atoms. The van der Waals surface area contributed by atoms with E-state index in [1.54, 1.807) is 13.0 Å². The first kappa shape index (κ1) is 11.6. The van der Waals surface area contributed by atoms with Gasteiger partial charge in [-0.15, -0.1) is 0 Å². The van der Waals surface area contributed by atoms with Crippen molar-refractivity contribution < 1.29 is 8.78 Å². The minimum Gasteiger partial charge on any atom is -0.242 e. The van der Waals surface area contributed by atoms with Gasteiger partial charge in [0.2, 0.25) is 5.95 Å². The fourth-order valence-electron chi connectivity index (χ4n) is 1.36. The van der Waals surface area contributed by atoms with E-state index in [0.717, 1.165) is 4.68 Å². The molecule has 0 unspecified atom stereocenters. The molecule has 0 saturated carbocycles. The van der Waals surface area contributed by atoms with Crippen LogP contribution in [0.25, 0.3) is 10.9 Å². The van der Waals surface area contributed by atoms with Gasteiger partial charge in [0, 0.05) is 7.05 Å². The highest BCUT2D eigenvalue weighted by Gasteiger charge is 2.12. The molecular formula is C11H14F2N2. The highest BCUT2D eigenvalue weighted by Crippen LogP contribution is 2.20. The lowest BCUT2D eigenvalue weighted by Crippen LogP contribution is -1.92. The monoisotopic (exact) mass is 212 g/mol. The van der Waals surface area contributed by atoms with Gasteiger partial charge in [0.25, 0.3) is 0 Å². The van der Waals surface area contributed by atoms with Crippen molar-refractivity contribution in [3.8, 4) is 0 Å². The lowest BCUT2D eigenvalue weighted by atomic mass is 10.2. The molecule has 2 aromatic rings. The summed E-state index contributed by atoms with van der Waals surface area (Å²) in [7, 11) is 1.45. The minimum absolute atomic E-state index is 0.0885. The largest absolute Gasteiger partial charge is 0.242 e. The maximum absolute atomic E-state index is 13.3. The molecule has 82 valence electrons. The highest BCUT2D eigenvalue weighted by molar-refractivity contribution is 5.80. The molecule has 0 aliphatic carbocycles. The zero-order chi connectivity index (χ0) is 11.6. The third-order valence-corrected chi connectivity index (χ3v) is 1.96. The lowest BCUT2D eigenvalue weighted by Gasteiger charge is -1.93. The van der Waals surface area contributed by atoms with Crippen LogP contribution in [0.3, 0.4) is 0 Å². The Labute approximate surface area is 87.5 Å². The summed E-state index contributed by atoms with van der Waals surface area (Å²) in [6.45, 7) is 5.72. The van der Waals surface area contributed by atoms with Crippen molar-refractivity contribution in [1.82, 2.24) is 9.78 Å². The number of benzene rings is 1. The second-order valence-corrected chi connectivity index (χ2v) is 3.06. The zero-order valence-corrected chi connectivity index (χ0v) is 9.31. The zero-order valence-electron chi connectivity index (χ0n) is 9.31. The molecule has 2 nitrogen and oxygen atoms in total. The summed E-state index contributed by atoms with van der Waals surface area (Å²) < 4.78 is 27.5. The Morgan fingerprint density at radius 3 is 2.40 bits per heavy atom. The number of fused-ring (bicyclic) bond motifs is 1. The number of aromatic nitrogens is 2. The van der Waals surface area contributed by atoms with Crippen molar-refractivity contribution in [3.63, 3.8) is 0 Å². The minimum atomic E-state index is -0.502. The van der Waals surface area contributed by atoms with Crippen molar-refractivity contribution in [3.05, 3.63) is 29.5 Å². The first-order chi connectivity index (χ1) is 7.09. The van der Waals surface area contributed by atoms with Crippen LogP contribution in [0, 0.1) is 18.7 Å². The van der Waals surface area contributed by atoms with E-state index in [1.165, 1.54) is 13.1 Å². The van der Waals surface area contributed by atoms with E-state index in [4.69, 9.17) is 0 Å². The Morgan fingerprint density at radius 1 is 1.20 bits per heavy atom. The summed E-state index contributed by atoms with van der Waals surface area (Å²) >= 11 is 0. The third-order valence-electron chi connectivity index (χ3n) is 1.96. The average Bonchev–Trinajstić information content (AvgIpc) is 2.49. The number of hydrogen-bond acceptors (Lipinski definition) is 1. The maximum atomic E-state index is 13.3. The second-order valence-electron chi connectivity index (χ2n) is 3.06. The van der Waals surface area contributed by atoms with Gasteiger partial charge in [-0.1, -0.05) is 13.8 Å². The molecule has 1 heterocycles. The smallest absolute Gasteiger partial charge is 0.219 e. The van der Waals surface area contributed by atoms with E-state index < -0.39 is 11.8 Å². The first-order valence-corrected chi connectivity index (χ1v) is 4.88. The van der Waals surface area contributed by atoms with Gasteiger partial charge in [0.05, 0.1) is 5.39 Å². The highest BCUT2D eigenvalue weighted by atomic mass is 19.1. The van der Waals surface area contributed by atoms with E-state index in [2.05, 4.69) is 5.10 Å². The maximum Gasteiger partial charge on any atom is 0.219 e. The van der Waals surface area contributed by atoms with Gasteiger partial charge in [-0.25, -0.2) is 9.07 Å². The molecule has 0 amide bonds. The summed E-state index contributed by atoms with van der Waals surface area (Å²) in [6.07, 6.45) is 0. The van der Waals surface area contributed by atoms with Gasteiger partial charge < -0.3 is 0 Å². The van der Waals surface area contributed by atoms with Crippen molar-refractivity contribution in [2.24, 2.45) is 7.05 Å². The molecule has 0 spiro atoms. The predicted octanol–water partition coefficient (Wildman–Crippen LogP) is 3.19. The number of hydrogen-bond donors (Lipinski definition) is 0. The van der Waals surface area contributed by atoms with Crippen LogP contribution in [-0.4, -0.2) is 9.78 Å². The molecule has 0 aliphatic rings. The molecule has 1 aromatic heterocycles. The Morgan fingerprint density at radius 2 is 1.80 bits per heavy atom. The van der Waals surface area contributed by atoms with Crippen LogP contribution in [0.4, 0.5) is 8.78 Å². The van der Waals surface area contributed by atoms with Crippen LogP contribution < -0.4 is 0 Å². The van der Waals surface area contributed by atoms with Crippen LogP contribution >= 0.6 is 0 Å². The van der Waals surface area contributed by atoms with Gasteiger partial charge in [0.15, 0.2) is 5.82 Å². The van der Waals surface area contributed by atoms with Crippen molar-refractivity contribution in [2.75, 3.05) is 0 Å². The van der Waals surface area contributed by atoms with Gasteiger partial charge in [-0.3, -0.25) is 0 Å². The second kappa shape index (κ2) is 4.38. The summed E-state index contributed by atoms with van der Waals surface area (Å²) in [5.41, 5.74) is 0.780. The van der Waals surface area contributed by atoms with E-state index in [9.17, 15) is 8.78 Å². The average molecular weight is 212 g/mol. The molecule has 2 rings (SSSR count). The van der Waals surface area contributed by atoms with E-state index in [0.29, 0.717) is 5.56 Å². The number of rotatable bonds is 0. The van der Waals surface area contributed by atoms with Crippen LogP contribution in [0.15, 0.2) is 12.1 Å². The van der Waals surface area contributed by atoms with Crippen LogP contribution in [-0.2, 0) is 7.05 Å². The molecule has 0 bridgehead atoms. The van der Waals surface area contributed by atoms with E-state index in [-0.39, 0.29) is 10.9 Å².